The van der Waals surface area contributed by atoms with E-state index in [9.17, 15) is 14.7 Å². The maximum absolute atomic E-state index is 13.6. The van der Waals surface area contributed by atoms with E-state index in [1.807, 2.05) is 0 Å². The minimum atomic E-state index is -1.32. The summed E-state index contributed by atoms with van der Waals surface area (Å²) in [6, 6.07) is 0. The zero-order chi connectivity index (χ0) is 27.7. The van der Waals surface area contributed by atoms with Gasteiger partial charge in [-0.1, -0.05) is 0 Å². The molecule has 0 spiro atoms. The maximum atomic E-state index is 13.6. The number of halogens is 2. The minimum absolute atomic E-state index is 0.0144. The number of rotatable bonds is 9. The van der Waals surface area contributed by atoms with Gasteiger partial charge in [-0.3, -0.25) is 4.90 Å². The number of hydrogen-bond acceptors (Lipinski definition) is 12. The average molecular weight is 675 g/mol. The molecule has 2 aromatic rings. The van der Waals surface area contributed by atoms with Crippen LogP contribution in [0.3, 0.4) is 0 Å². The fourth-order valence-electron chi connectivity index (χ4n) is 4.68. The van der Waals surface area contributed by atoms with E-state index >= 15 is 0 Å². The monoisotopic (exact) mass is 673 g/mol. The van der Waals surface area contributed by atoms with Crippen molar-refractivity contribution in [3.63, 3.8) is 0 Å². The van der Waals surface area contributed by atoms with E-state index in [0.717, 1.165) is 26.2 Å². The highest BCUT2D eigenvalue weighted by molar-refractivity contribution is 9.11. The summed E-state index contributed by atoms with van der Waals surface area (Å²) in [5.74, 6) is -1.34. The van der Waals surface area contributed by atoms with Gasteiger partial charge in [-0.05, 0) is 31.9 Å². The molecule has 39 heavy (non-hydrogen) atoms. The number of carboxylic acid groups (broad SMARTS) is 1. The first-order valence-electron chi connectivity index (χ1n) is 11.9. The number of hydroxylamine groups is 1. The van der Waals surface area contributed by atoms with Gasteiger partial charge in [-0.2, -0.15) is 5.48 Å². The molecular formula is C24H25Br2N3O10. The molecule has 0 bridgehead atoms. The standard InChI is InChI=1S/C24H25Br2N3O10/c1-33-19-15(25)13(23(30)31)11(17-21(19)37-9-35-17)12-14(16(26)20(34-2)22-18(12)36-10-38-22)24(32)39-28-5-8-29-6-3-27-4-7-29/h27-28H,3-10H2,1-2H3,(H,30,31). The van der Waals surface area contributed by atoms with Gasteiger partial charge in [0.25, 0.3) is 0 Å². The van der Waals surface area contributed by atoms with Gasteiger partial charge in [-0.15, -0.1) is 0 Å². The number of benzene rings is 2. The van der Waals surface area contributed by atoms with Crippen molar-refractivity contribution in [3.8, 4) is 45.6 Å². The Hall–Kier alpha value is -2.98. The van der Waals surface area contributed by atoms with Gasteiger partial charge in [0.15, 0.2) is 23.0 Å². The van der Waals surface area contributed by atoms with Crippen molar-refractivity contribution in [2.75, 3.05) is 67.1 Å². The van der Waals surface area contributed by atoms with E-state index in [4.69, 9.17) is 33.3 Å². The Labute approximate surface area is 239 Å². The molecule has 3 N–H and O–H groups in total. The van der Waals surface area contributed by atoms with Crippen LogP contribution in [-0.4, -0.2) is 89.0 Å². The molecule has 3 aliphatic heterocycles. The quantitative estimate of drug-likeness (QED) is 0.265. The smallest absolute Gasteiger partial charge is 0.358 e. The van der Waals surface area contributed by atoms with Gasteiger partial charge in [0.05, 0.1) is 34.3 Å². The summed E-state index contributed by atoms with van der Waals surface area (Å²) in [7, 11) is 2.78. The summed E-state index contributed by atoms with van der Waals surface area (Å²) in [6.07, 6.45) is 0. The predicted molar refractivity (Wildman–Crippen MR) is 142 cm³/mol. The number of carbonyl (C=O) groups is 2. The molecule has 0 unspecified atom stereocenters. The zero-order valence-corrected chi connectivity index (χ0v) is 24.2. The third-order valence-corrected chi connectivity index (χ3v) is 7.92. The van der Waals surface area contributed by atoms with Crippen LogP contribution in [0.2, 0.25) is 0 Å². The number of piperazine rings is 1. The second-order valence-corrected chi connectivity index (χ2v) is 10.1. The van der Waals surface area contributed by atoms with E-state index < -0.39 is 11.9 Å². The van der Waals surface area contributed by atoms with Crippen LogP contribution in [0.1, 0.15) is 20.7 Å². The second kappa shape index (κ2) is 11.6. The first-order chi connectivity index (χ1) is 18.9. The Balaban J connectivity index is 1.63. The highest BCUT2D eigenvalue weighted by Gasteiger charge is 2.41. The van der Waals surface area contributed by atoms with Gasteiger partial charge >= 0.3 is 11.9 Å². The van der Waals surface area contributed by atoms with Crippen molar-refractivity contribution in [2.24, 2.45) is 0 Å². The van der Waals surface area contributed by atoms with Gasteiger partial charge in [0.2, 0.25) is 25.1 Å². The van der Waals surface area contributed by atoms with Crippen molar-refractivity contribution < 1.29 is 48.0 Å². The molecular weight excluding hydrogens is 650 g/mol. The molecule has 3 heterocycles. The Bertz CT molecular complexity index is 1320. The lowest BCUT2D eigenvalue weighted by Crippen LogP contribution is -2.45. The van der Waals surface area contributed by atoms with Crippen LogP contribution in [0.25, 0.3) is 11.1 Å². The van der Waals surface area contributed by atoms with E-state index in [1.165, 1.54) is 14.2 Å². The summed E-state index contributed by atoms with van der Waals surface area (Å²) in [5.41, 5.74) is 2.48. The number of hydrogen-bond donors (Lipinski definition) is 3. The summed E-state index contributed by atoms with van der Waals surface area (Å²) >= 11 is 6.78. The molecule has 1 fully saturated rings. The van der Waals surface area contributed by atoms with Crippen molar-refractivity contribution in [1.29, 1.82) is 0 Å². The van der Waals surface area contributed by atoms with Crippen LogP contribution in [0.4, 0.5) is 0 Å². The lowest BCUT2D eigenvalue weighted by atomic mass is 9.91. The van der Waals surface area contributed by atoms with Crippen LogP contribution in [0, 0.1) is 0 Å². The van der Waals surface area contributed by atoms with Crippen molar-refractivity contribution in [3.05, 3.63) is 20.1 Å². The average Bonchev–Trinajstić information content (AvgIpc) is 3.60. The molecule has 0 atom stereocenters. The van der Waals surface area contributed by atoms with Gasteiger partial charge in [0.1, 0.15) is 0 Å². The van der Waals surface area contributed by atoms with Crippen LogP contribution in [-0.2, 0) is 4.84 Å². The van der Waals surface area contributed by atoms with Crippen LogP contribution in [0.15, 0.2) is 8.95 Å². The molecule has 0 aromatic heterocycles. The molecule has 210 valence electrons. The molecule has 0 aliphatic carbocycles. The van der Waals surface area contributed by atoms with Crippen molar-refractivity contribution >= 4 is 43.8 Å². The van der Waals surface area contributed by atoms with E-state index in [-0.39, 0.29) is 79.3 Å². The molecule has 0 amide bonds. The van der Waals surface area contributed by atoms with E-state index in [1.54, 1.807) is 0 Å². The second-order valence-electron chi connectivity index (χ2n) is 8.50. The number of methoxy groups -OCH3 is 2. The molecule has 3 aliphatic rings. The predicted octanol–water partition coefficient (Wildman–Crippen LogP) is 2.62. The first-order valence-corrected chi connectivity index (χ1v) is 13.5. The molecule has 13 nitrogen and oxygen atoms in total. The third kappa shape index (κ3) is 4.93. The Morgan fingerprint density at radius 1 is 0.897 bits per heavy atom. The first kappa shape index (κ1) is 27.6. The van der Waals surface area contributed by atoms with Gasteiger partial charge in [0, 0.05) is 50.4 Å². The molecule has 1 saturated heterocycles. The van der Waals surface area contributed by atoms with Crippen molar-refractivity contribution in [1.82, 2.24) is 15.7 Å². The fraction of sp³-hybridized carbons (Fsp3) is 0.417. The topological polar surface area (TPSA) is 146 Å². The highest BCUT2D eigenvalue weighted by Crippen LogP contribution is 2.60. The number of nitrogens with zero attached hydrogens (tertiary/aromatic N) is 1. The minimum Gasteiger partial charge on any atom is -0.492 e. The number of aromatic carboxylic acids is 1. The SMILES string of the molecule is COc1c(Br)c(C(=O)O)c(-c2c3c(c(OC)c(Br)c2C(=O)ONCCN2CCNCC2)OCO3)c2c1OCO2. The molecule has 5 rings (SSSR count). The van der Waals surface area contributed by atoms with Crippen LogP contribution >= 0.6 is 31.9 Å². The van der Waals surface area contributed by atoms with Gasteiger partial charge < -0.3 is 43.7 Å². The molecule has 2 aromatic carbocycles. The number of fused-ring (bicyclic) bond motifs is 2. The Morgan fingerprint density at radius 2 is 1.41 bits per heavy atom. The summed E-state index contributed by atoms with van der Waals surface area (Å²) in [6.45, 7) is 4.23. The van der Waals surface area contributed by atoms with Crippen molar-refractivity contribution in [2.45, 2.75) is 0 Å². The number of nitrogens with one attached hydrogen (secondary N) is 2. The summed E-state index contributed by atoms with van der Waals surface area (Å²) < 4.78 is 33.9. The molecule has 0 radical (unpaired) electrons. The zero-order valence-electron chi connectivity index (χ0n) is 21.0. The van der Waals surface area contributed by atoms with Gasteiger partial charge in [-0.25, -0.2) is 9.59 Å². The third-order valence-electron chi connectivity index (χ3n) is 6.41. The van der Waals surface area contributed by atoms with Crippen LogP contribution < -0.4 is 39.2 Å². The van der Waals surface area contributed by atoms with E-state index in [2.05, 4.69) is 47.6 Å². The maximum Gasteiger partial charge on any atom is 0.358 e. The Morgan fingerprint density at radius 3 is 1.95 bits per heavy atom. The lowest BCUT2D eigenvalue weighted by Gasteiger charge is -2.27. The van der Waals surface area contributed by atoms with E-state index in [0.29, 0.717) is 13.1 Å². The highest BCUT2D eigenvalue weighted by atomic mass is 79.9. The molecule has 15 heteroatoms. The number of carboxylic acids is 1. The molecule has 0 saturated carbocycles. The van der Waals surface area contributed by atoms with Crippen LogP contribution in [0.5, 0.6) is 34.5 Å². The summed E-state index contributed by atoms with van der Waals surface area (Å²) in [5, 5.41) is 13.6. The largest absolute Gasteiger partial charge is 0.492 e. The number of ether oxygens (including phenoxy) is 6. The fourth-order valence-corrected chi connectivity index (χ4v) is 6.09. The normalized spacial score (nSPS) is 15.8. The lowest BCUT2D eigenvalue weighted by molar-refractivity contribution is 0.0231. The Kier molecular flexibility index (Phi) is 8.23. The number of carbonyl (C=O) groups excluding carboxylic acids is 1. The summed E-state index contributed by atoms with van der Waals surface area (Å²) in [4.78, 5) is 33.9.